The number of nitrogens with one attached hydrogen (secondary N) is 2. The molecule has 158 valence electrons. The summed E-state index contributed by atoms with van der Waals surface area (Å²) in [7, 11) is 1.57. The molecule has 0 atom stereocenters. The average Bonchev–Trinajstić information content (AvgIpc) is 3.20. The summed E-state index contributed by atoms with van der Waals surface area (Å²) < 4.78 is 10.7. The number of fused-ring (bicyclic) bond motifs is 1. The molecule has 2 aromatic heterocycles. The summed E-state index contributed by atoms with van der Waals surface area (Å²) in [5.41, 5.74) is 1.96. The highest BCUT2D eigenvalue weighted by molar-refractivity contribution is 7.98. The first-order chi connectivity index (χ1) is 14.9. The Bertz CT molecular complexity index is 1330. The molecule has 0 fully saturated rings. The van der Waals surface area contributed by atoms with Gasteiger partial charge in [-0.2, -0.15) is 0 Å². The molecular weight excluding hydrogens is 440 g/mol. The Hall–Kier alpha value is -3.30. The van der Waals surface area contributed by atoms with E-state index in [4.69, 9.17) is 20.8 Å². The maximum absolute atomic E-state index is 12.0. The van der Waals surface area contributed by atoms with E-state index in [-0.39, 0.29) is 5.91 Å². The van der Waals surface area contributed by atoms with E-state index in [0.717, 1.165) is 10.9 Å². The van der Waals surface area contributed by atoms with Crippen molar-refractivity contribution in [3.05, 3.63) is 63.5 Å². The zero-order valence-corrected chi connectivity index (χ0v) is 18.1. The number of carbonyl (C=O) groups is 1. The molecule has 0 aliphatic carbocycles. The summed E-state index contributed by atoms with van der Waals surface area (Å²) in [5.74, 6) is 1.40. The molecule has 2 N–H and O–H groups in total. The van der Waals surface area contributed by atoms with Crippen LogP contribution in [-0.4, -0.2) is 28.2 Å². The van der Waals surface area contributed by atoms with Crippen molar-refractivity contribution in [3.8, 4) is 17.1 Å². The Kier molecular flexibility index (Phi) is 5.97. The van der Waals surface area contributed by atoms with Crippen molar-refractivity contribution in [3.63, 3.8) is 0 Å². The number of aromatic amines is 1. The molecule has 31 heavy (non-hydrogen) atoms. The molecule has 2 heterocycles. The van der Waals surface area contributed by atoms with Gasteiger partial charge in [0, 0.05) is 40.9 Å². The normalized spacial score (nSPS) is 10.9. The molecular formula is C21H17ClN4O4S. The molecule has 0 saturated carbocycles. The second-order valence-corrected chi connectivity index (χ2v) is 7.96. The van der Waals surface area contributed by atoms with Crippen molar-refractivity contribution in [1.82, 2.24) is 15.2 Å². The smallest absolute Gasteiger partial charge is 0.336 e. The van der Waals surface area contributed by atoms with Crippen LogP contribution in [0.4, 0.5) is 5.69 Å². The summed E-state index contributed by atoms with van der Waals surface area (Å²) in [6.45, 7) is 1.41. The lowest BCUT2D eigenvalue weighted by Gasteiger charge is -2.07. The summed E-state index contributed by atoms with van der Waals surface area (Å²) >= 11 is 7.46. The molecule has 8 nitrogen and oxygen atoms in total. The Morgan fingerprint density at radius 1 is 1.26 bits per heavy atom. The maximum atomic E-state index is 12.0. The molecule has 0 aliphatic heterocycles. The van der Waals surface area contributed by atoms with E-state index in [1.807, 2.05) is 0 Å². The Labute approximate surface area is 186 Å². The first-order valence-corrected chi connectivity index (χ1v) is 10.5. The summed E-state index contributed by atoms with van der Waals surface area (Å²) in [6.07, 6.45) is 0. The average molecular weight is 457 g/mol. The van der Waals surface area contributed by atoms with Crippen LogP contribution >= 0.6 is 23.4 Å². The molecule has 0 radical (unpaired) electrons. The van der Waals surface area contributed by atoms with Gasteiger partial charge in [-0.3, -0.25) is 9.89 Å². The molecule has 4 aromatic rings. The molecule has 0 bridgehead atoms. The van der Waals surface area contributed by atoms with Crippen LogP contribution in [0.2, 0.25) is 5.02 Å². The zero-order chi connectivity index (χ0) is 22.0. The molecule has 4 rings (SSSR count). The fourth-order valence-corrected chi connectivity index (χ4v) is 4.03. The predicted octanol–water partition coefficient (Wildman–Crippen LogP) is 4.49. The van der Waals surface area contributed by atoms with Gasteiger partial charge >= 0.3 is 5.63 Å². The van der Waals surface area contributed by atoms with Gasteiger partial charge in [0.25, 0.3) is 0 Å². The van der Waals surface area contributed by atoms with Crippen LogP contribution in [0.25, 0.3) is 22.4 Å². The number of hydrogen-bond acceptors (Lipinski definition) is 7. The molecule has 0 aliphatic rings. The number of nitrogens with zero attached hydrogens (tertiary/aromatic N) is 2. The molecule has 10 heteroatoms. The second kappa shape index (κ2) is 8.83. The standard InChI is InChI=1S/C21H17ClN4O4S/c1-11(27)23-14-4-5-15-12(7-19(28)30-18(15)9-14)10-31-21-24-20(25-26-21)16-8-13(22)3-6-17(16)29-2/h3-9H,10H2,1-2H3,(H,23,27)(H,24,25,26). The van der Waals surface area contributed by atoms with Gasteiger partial charge in [0.15, 0.2) is 5.82 Å². The number of carbonyl (C=O) groups excluding carboxylic acids is 1. The third-order valence-electron chi connectivity index (χ3n) is 4.39. The van der Waals surface area contributed by atoms with E-state index in [0.29, 0.717) is 44.3 Å². The molecule has 1 amide bonds. The van der Waals surface area contributed by atoms with Gasteiger partial charge in [-0.15, -0.1) is 5.10 Å². The highest BCUT2D eigenvalue weighted by atomic mass is 35.5. The highest BCUT2D eigenvalue weighted by Gasteiger charge is 2.14. The largest absolute Gasteiger partial charge is 0.496 e. The number of H-pyrrole nitrogens is 1. The van der Waals surface area contributed by atoms with Crippen molar-refractivity contribution in [2.45, 2.75) is 17.8 Å². The predicted molar refractivity (Wildman–Crippen MR) is 120 cm³/mol. The zero-order valence-electron chi connectivity index (χ0n) is 16.6. The lowest BCUT2D eigenvalue weighted by molar-refractivity contribution is -0.114. The molecule has 0 saturated heterocycles. The van der Waals surface area contributed by atoms with E-state index in [1.54, 1.807) is 43.5 Å². The first-order valence-electron chi connectivity index (χ1n) is 9.16. The lowest BCUT2D eigenvalue weighted by atomic mass is 10.1. The van der Waals surface area contributed by atoms with E-state index in [2.05, 4.69) is 20.5 Å². The maximum Gasteiger partial charge on any atom is 0.336 e. The number of amides is 1. The van der Waals surface area contributed by atoms with Crippen LogP contribution in [0.5, 0.6) is 5.75 Å². The van der Waals surface area contributed by atoms with Crippen LogP contribution < -0.4 is 15.7 Å². The van der Waals surface area contributed by atoms with Crippen molar-refractivity contribution in [1.29, 1.82) is 0 Å². The number of aromatic nitrogens is 3. The molecule has 0 spiro atoms. The number of methoxy groups -OCH3 is 1. The van der Waals surface area contributed by atoms with Gasteiger partial charge in [0.1, 0.15) is 11.3 Å². The minimum atomic E-state index is -0.470. The second-order valence-electron chi connectivity index (χ2n) is 6.58. The molecule has 2 aromatic carbocycles. The van der Waals surface area contributed by atoms with Crippen molar-refractivity contribution in [2.24, 2.45) is 0 Å². The quantitative estimate of drug-likeness (QED) is 0.325. The number of anilines is 1. The number of thioether (sulfide) groups is 1. The molecule has 0 unspecified atom stereocenters. The Morgan fingerprint density at radius 3 is 2.87 bits per heavy atom. The summed E-state index contributed by atoms with van der Waals surface area (Å²) in [4.78, 5) is 27.8. The minimum Gasteiger partial charge on any atom is -0.496 e. The van der Waals surface area contributed by atoms with E-state index in [9.17, 15) is 9.59 Å². The van der Waals surface area contributed by atoms with Crippen molar-refractivity contribution >= 4 is 45.9 Å². The van der Waals surface area contributed by atoms with Gasteiger partial charge in [0.05, 0.1) is 12.7 Å². The third-order valence-corrected chi connectivity index (χ3v) is 5.52. The van der Waals surface area contributed by atoms with Crippen molar-refractivity contribution < 1.29 is 13.9 Å². The summed E-state index contributed by atoms with van der Waals surface area (Å²) in [6, 6.07) is 11.9. The van der Waals surface area contributed by atoms with Gasteiger partial charge in [-0.05, 0) is 35.9 Å². The lowest BCUT2D eigenvalue weighted by Crippen LogP contribution is -2.06. The number of hydrogen-bond donors (Lipinski definition) is 2. The Morgan fingerprint density at radius 2 is 2.10 bits per heavy atom. The number of benzene rings is 2. The summed E-state index contributed by atoms with van der Waals surface area (Å²) in [5, 5.41) is 11.6. The SMILES string of the molecule is COc1ccc(Cl)cc1-c1nc(SCc2cc(=O)oc3cc(NC(C)=O)ccc23)n[nH]1. The fraction of sp³-hybridized carbons (Fsp3) is 0.143. The fourth-order valence-electron chi connectivity index (χ4n) is 3.07. The number of rotatable bonds is 6. The van der Waals surface area contributed by atoms with Gasteiger partial charge in [0.2, 0.25) is 11.1 Å². The van der Waals surface area contributed by atoms with Crippen LogP contribution in [-0.2, 0) is 10.5 Å². The van der Waals surface area contributed by atoms with Gasteiger partial charge < -0.3 is 14.5 Å². The number of ether oxygens (including phenoxy) is 1. The van der Waals surface area contributed by atoms with E-state index in [1.165, 1.54) is 24.8 Å². The van der Waals surface area contributed by atoms with Crippen LogP contribution in [0.3, 0.4) is 0 Å². The topological polar surface area (TPSA) is 110 Å². The van der Waals surface area contributed by atoms with Crippen molar-refractivity contribution in [2.75, 3.05) is 12.4 Å². The van der Waals surface area contributed by atoms with Gasteiger partial charge in [-0.1, -0.05) is 23.4 Å². The van der Waals surface area contributed by atoms with Crippen LogP contribution in [0, 0.1) is 0 Å². The monoisotopic (exact) mass is 456 g/mol. The first kappa shape index (κ1) is 21.0. The minimum absolute atomic E-state index is 0.204. The Balaban J connectivity index is 1.58. The number of halogens is 1. The van der Waals surface area contributed by atoms with Crippen LogP contribution in [0.15, 0.2) is 56.8 Å². The van der Waals surface area contributed by atoms with E-state index < -0.39 is 5.63 Å². The van der Waals surface area contributed by atoms with Gasteiger partial charge in [-0.25, -0.2) is 9.78 Å². The van der Waals surface area contributed by atoms with Crippen LogP contribution in [0.1, 0.15) is 12.5 Å². The highest BCUT2D eigenvalue weighted by Crippen LogP contribution is 2.32. The third kappa shape index (κ3) is 4.73. The van der Waals surface area contributed by atoms with E-state index >= 15 is 0 Å².